The molecular formula is C10H13F3N2O2. The van der Waals surface area contributed by atoms with Gasteiger partial charge in [0.2, 0.25) is 11.8 Å². The van der Waals surface area contributed by atoms with Crippen molar-refractivity contribution < 1.29 is 22.8 Å². The molecule has 0 radical (unpaired) electrons. The molecule has 7 heteroatoms. The number of rotatable bonds is 1. The summed E-state index contributed by atoms with van der Waals surface area (Å²) in [7, 11) is 0. The second-order valence-corrected chi connectivity index (χ2v) is 4.41. The first-order valence-corrected chi connectivity index (χ1v) is 5.53. The Bertz CT molecular complexity index is 343. The number of nitrogens with zero attached hydrogens (tertiary/aromatic N) is 2. The lowest BCUT2D eigenvalue weighted by atomic mass is 9.98. The number of fused-ring (bicyclic) bond motifs is 1. The highest BCUT2D eigenvalue weighted by Crippen LogP contribution is 2.25. The minimum atomic E-state index is -4.45. The number of halogens is 3. The fourth-order valence-electron chi connectivity index (χ4n) is 2.38. The van der Waals surface area contributed by atoms with Crippen molar-refractivity contribution in [1.82, 2.24) is 9.80 Å². The summed E-state index contributed by atoms with van der Waals surface area (Å²) in [4.78, 5) is 25.5. The lowest BCUT2D eigenvalue weighted by molar-refractivity contribution is -0.176. The first-order chi connectivity index (χ1) is 7.88. The largest absolute Gasteiger partial charge is 0.406 e. The van der Waals surface area contributed by atoms with Gasteiger partial charge in [-0.1, -0.05) is 0 Å². The topological polar surface area (TPSA) is 40.6 Å². The maximum atomic E-state index is 12.2. The summed E-state index contributed by atoms with van der Waals surface area (Å²) in [5, 5.41) is 0. The third-order valence-corrected chi connectivity index (χ3v) is 3.12. The minimum Gasteiger partial charge on any atom is -0.329 e. The maximum absolute atomic E-state index is 12.2. The van der Waals surface area contributed by atoms with Gasteiger partial charge in [0.15, 0.2) is 0 Å². The SMILES string of the molecule is O=C1C2CCCCN2C(=O)CN1CC(F)(F)F. The highest BCUT2D eigenvalue weighted by atomic mass is 19.4. The predicted octanol–water partition coefficient (Wildman–Crippen LogP) is 0.772. The van der Waals surface area contributed by atoms with Crippen LogP contribution in [-0.4, -0.2) is 53.5 Å². The number of hydrogen-bond acceptors (Lipinski definition) is 2. The van der Waals surface area contributed by atoms with Crippen molar-refractivity contribution in [3.05, 3.63) is 0 Å². The number of alkyl halides is 3. The van der Waals surface area contributed by atoms with Gasteiger partial charge in [-0.15, -0.1) is 0 Å². The molecule has 2 aliphatic heterocycles. The van der Waals surface area contributed by atoms with Gasteiger partial charge < -0.3 is 9.80 Å². The summed E-state index contributed by atoms with van der Waals surface area (Å²) in [6, 6.07) is -0.674. The van der Waals surface area contributed by atoms with Gasteiger partial charge in [-0.25, -0.2) is 0 Å². The zero-order valence-corrected chi connectivity index (χ0v) is 9.16. The normalized spacial score (nSPS) is 26.2. The van der Waals surface area contributed by atoms with Crippen molar-refractivity contribution in [3.8, 4) is 0 Å². The van der Waals surface area contributed by atoms with E-state index in [9.17, 15) is 22.8 Å². The Balaban J connectivity index is 2.11. The second-order valence-electron chi connectivity index (χ2n) is 4.41. The number of piperazine rings is 1. The second kappa shape index (κ2) is 4.19. The van der Waals surface area contributed by atoms with Crippen LogP contribution in [0, 0.1) is 0 Å². The van der Waals surface area contributed by atoms with Crippen LogP contribution >= 0.6 is 0 Å². The van der Waals surface area contributed by atoms with Gasteiger partial charge in [-0.05, 0) is 19.3 Å². The summed E-state index contributed by atoms with van der Waals surface area (Å²) >= 11 is 0. The van der Waals surface area contributed by atoms with Crippen molar-refractivity contribution in [2.75, 3.05) is 19.6 Å². The molecule has 0 aromatic heterocycles. The van der Waals surface area contributed by atoms with Crippen LogP contribution < -0.4 is 0 Å². The number of carbonyl (C=O) groups excluding carboxylic acids is 2. The van der Waals surface area contributed by atoms with Crippen LogP contribution in [0.2, 0.25) is 0 Å². The molecule has 0 spiro atoms. The number of amides is 2. The van der Waals surface area contributed by atoms with E-state index in [1.807, 2.05) is 0 Å². The van der Waals surface area contributed by atoms with Crippen molar-refractivity contribution in [2.45, 2.75) is 31.5 Å². The van der Waals surface area contributed by atoms with Crippen LogP contribution in [0.1, 0.15) is 19.3 Å². The van der Waals surface area contributed by atoms with Gasteiger partial charge in [-0.3, -0.25) is 9.59 Å². The number of hydrogen-bond donors (Lipinski definition) is 0. The van der Waals surface area contributed by atoms with Gasteiger partial charge in [0.05, 0.1) is 0 Å². The molecule has 1 atom stereocenters. The molecule has 2 rings (SSSR count). The van der Waals surface area contributed by atoms with Crippen LogP contribution in [0.3, 0.4) is 0 Å². The zero-order chi connectivity index (χ0) is 12.6. The van der Waals surface area contributed by atoms with Crippen molar-refractivity contribution in [1.29, 1.82) is 0 Å². The van der Waals surface area contributed by atoms with Crippen LogP contribution in [0.25, 0.3) is 0 Å². The van der Waals surface area contributed by atoms with E-state index in [1.54, 1.807) is 0 Å². The Morgan fingerprint density at radius 3 is 2.59 bits per heavy atom. The van der Waals surface area contributed by atoms with Gasteiger partial charge in [-0.2, -0.15) is 13.2 Å². The van der Waals surface area contributed by atoms with E-state index >= 15 is 0 Å². The fraction of sp³-hybridized carbons (Fsp3) is 0.800. The lowest BCUT2D eigenvalue weighted by Gasteiger charge is -2.42. The summed E-state index contributed by atoms with van der Waals surface area (Å²) < 4.78 is 36.7. The molecule has 17 heavy (non-hydrogen) atoms. The summed E-state index contributed by atoms with van der Waals surface area (Å²) in [6.45, 7) is -1.30. The van der Waals surface area contributed by atoms with Crippen LogP contribution in [-0.2, 0) is 9.59 Å². The molecule has 0 aromatic rings. The van der Waals surface area contributed by atoms with E-state index in [-0.39, 0.29) is 5.91 Å². The van der Waals surface area contributed by atoms with Gasteiger partial charge in [0, 0.05) is 6.54 Å². The zero-order valence-electron chi connectivity index (χ0n) is 9.16. The Morgan fingerprint density at radius 2 is 1.94 bits per heavy atom. The van der Waals surface area contributed by atoms with E-state index in [0.717, 1.165) is 12.8 Å². The van der Waals surface area contributed by atoms with Crippen molar-refractivity contribution in [2.24, 2.45) is 0 Å². The molecule has 0 aliphatic carbocycles. The van der Waals surface area contributed by atoms with Gasteiger partial charge >= 0.3 is 6.18 Å². The Kier molecular flexibility index (Phi) is 3.01. The van der Waals surface area contributed by atoms with E-state index in [0.29, 0.717) is 17.9 Å². The van der Waals surface area contributed by atoms with Crippen LogP contribution in [0.5, 0.6) is 0 Å². The summed E-state index contributed by atoms with van der Waals surface area (Å²) in [5.41, 5.74) is 0. The first kappa shape index (κ1) is 12.2. The highest BCUT2D eigenvalue weighted by molar-refractivity contribution is 5.95. The molecule has 2 aliphatic rings. The molecule has 0 N–H and O–H groups in total. The molecule has 2 amide bonds. The maximum Gasteiger partial charge on any atom is 0.406 e. The lowest BCUT2D eigenvalue weighted by Crippen LogP contribution is -2.62. The molecule has 2 saturated heterocycles. The third-order valence-electron chi connectivity index (χ3n) is 3.12. The van der Waals surface area contributed by atoms with E-state index in [4.69, 9.17) is 0 Å². The predicted molar refractivity (Wildman–Crippen MR) is 52.0 cm³/mol. The monoisotopic (exact) mass is 250 g/mol. The molecule has 4 nitrogen and oxygen atoms in total. The quantitative estimate of drug-likeness (QED) is 0.689. The average Bonchev–Trinajstić information content (AvgIpc) is 2.24. The number of piperidine rings is 1. The number of carbonyl (C=O) groups is 2. The fourth-order valence-corrected chi connectivity index (χ4v) is 2.38. The summed E-state index contributed by atoms with van der Waals surface area (Å²) in [6.07, 6.45) is -2.39. The van der Waals surface area contributed by atoms with E-state index < -0.39 is 31.2 Å². The van der Waals surface area contributed by atoms with Crippen molar-refractivity contribution in [3.63, 3.8) is 0 Å². The average molecular weight is 250 g/mol. The third kappa shape index (κ3) is 2.53. The van der Waals surface area contributed by atoms with E-state index in [2.05, 4.69) is 0 Å². The Hall–Kier alpha value is -1.27. The van der Waals surface area contributed by atoms with Gasteiger partial charge in [0.1, 0.15) is 19.1 Å². The molecule has 0 saturated carbocycles. The molecular weight excluding hydrogens is 237 g/mol. The molecule has 2 fully saturated rings. The Labute approximate surface area is 96.4 Å². The van der Waals surface area contributed by atoms with Crippen LogP contribution in [0.4, 0.5) is 13.2 Å². The summed E-state index contributed by atoms with van der Waals surface area (Å²) in [5.74, 6) is -0.944. The standard InChI is InChI=1S/C10H13F3N2O2/c11-10(12,13)6-14-5-8(16)15-4-2-1-3-7(15)9(14)17/h7H,1-6H2. The van der Waals surface area contributed by atoms with E-state index in [1.165, 1.54) is 4.90 Å². The smallest absolute Gasteiger partial charge is 0.329 e. The van der Waals surface area contributed by atoms with Gasteiger partial charge in [0.25, 0.3) is 0 Å². The highest BCUT2D eigenvalue weighted by Gasteiger charge is 2.44. The van der Waals surface area contributed by atoms with Crippen molar-refractivity contribution >= 4 is 11.8 Å². The molecule has 0 aromatic carbocycles. The molecule has 1 unspecified atom stereocenters. The first-order valence-electron chi connectivity index (χ1n) is 5.53. The molecule has 0 bridgehead atoms. The minimum absolute atomic E-state index is 0.376. The Morgan fingerprint density at radius 1 is 1.24 bits per heavy atom. The molecule has 2 heterocycles. The van der Waals surface area contributed by atoms with Crippen LogP contribution in [0.15, 0.2) is 0 Å². The molecule has 96 valence electrons.